The van der Waals surface area contributed by atoms with Crippen LogP contribution in [0.4, 0.5) is 0 Å². The zero-order valence-electron chi connectivity index (χ0n) is 14.7. The summed E-state index contributed by atoms with van der Waals surface area (Å²) in [5.74, 6) is 1.95. The van der Waals surface area contributed by atoms with Crippen molar-refractivity contribution in [3.05, 3.63) is 53.6 Å². The summed E-state index contributed by atoms with van der Waals surface area (Å²) in [5, 5.41) is 2.86. The third-order valence-electron chi connectivity index (χ3n) is 4.23. The Morgan fingerprint density at radius 3 is 2.72 bits per heavy atom. The minimum absolute atomic E-state index is 0.180. The molecule has 132 valence electrons. The van der Waals surface area contributed by atoms with E-state index in [0.717, 1.165) is 11.3 Å². The van der Waals surface area contributed by atoms with Gasteiger partial charge in [0.25, 0.3) is 5.91 Å². The van der Waals surface area contributed by atoms with Gasteiger partial charge in [-0.15, -0.1) is 0 Å². The van der Waals surface area contributed by atoms with E-state index < -0.39 is 6.10 Å². The molecule has 1 aliphatic rings. The lowest BCUT2D eigenvalue weighted by Gasteiger charge is -2.27. The molecule has 0 fully saturated rings. The molecule has 2 aromatic rings. The summed E-state index contributed by atoms with van der Waals surface area (Å²) in [4.78, 5) is 12.3. The Bertz CT molecular complexity index is 759. The van der Waals surface area contributed by atoms with E-state index in [1.54, 1.807) is 6.92 Å². The SMILES string of the molecule is Cc1ccc(O[C@H](C)C(=O)NC[C@@H]2COc3ccccc3O2)cc1C. The van der Waals surface area contributed by atoms with Crippen molar-refractivity contribution in [3.8, 4) is 17.2 Å². The molecule has 1 N–H and O–H groups in total. The average molecular weight is 341 g/mol. The Morgan fingerprint density at radius 1 is 1.20 bits per heavy atom. The zero-order chi connectivity index (χ0) is 17.8. The molecule has 1 aliphatic heterocycles. The van der Waals surface area contributed by atoms with Crippen LogP contribution in [0.2, 0.25) is 0 Å². The number of nitrogens with one attached hydrogen (secondary N) is 1. The summed E-state index contributed by atoms with van der Waals surface area (Å²) in [6.07, 6.45) is -0.799. The lowest BCUT2D eigenvalue weighted by atomic mass is 10.1. The van der Waals surface area contributed by atoms with Gasteiger partial charge in [-0.1, -0.05) is 18.2 Å². The van der Waals surface area contributed by atoms with Gasteiger partial charge in [-0.2, -0.15) is 0 Å². The van der Waals surface area contributed by atoms with Crippen molar-refractivity contribution in [3.63, 3.8) is 0 Å². The first-order valence-corrected chi connectivity index (χ1v) is 8.43. The molecule has 5 nitrogen and oxygen atoms in total. The Hall–Kier alpha value is -2.69. The summed E-state index contributed by atoms with van der Waals surface area (Å²) in [5.41, 5.74) is 2.33. The molecule has 0 unspecified atom stereocenters. The topological polar surface area (TPSA) is 56.8 Å². The number of rotatable bonds is 5. The largest absolute Gasteiger partial charge is 0.486 e. The summed E-state index contributed by atoms with van der Waals surface area (Å²) in [6, 6.07) is 13.3. The minimum atomic E-state index is -0.584. The molecule has 0 radical (unpaired) electrons. The molecule has 2 aromatic carbocycles. The maximum Gasteiger partial charge on any atom is 0.260 e. The lowest BCUT2D eigenvalue weighted by Crippen LogP contribution is -2.44. The average Bonchev–Trinajstić information content (AvgIpc) is 2.62. The third-order valence-corrected chi connectivity index (χ3v) is 4.23. The molecule has 5 heteroatoms. The number of amides is 1. The minimum Gasteiger partial charge on any atom is -0.486 e. The zero-order valence-corrected chi connectivity index (χ0v) is 14.7. The first-order chi connectivity index (χ1) is 12.0. The maximum atomic E-state index is 12.3. The number of carbonyl (C=O) groups is 1. The van der Waals surface area contributed by atoms with E-state index in [2.05, 4.69) is 5.32 Å². The second-order valence-corrected chi connectivity index (χ2v) is 6.25. The predicted octanol–water partition coefficient (Wildman–Crippen LogP) is 3.03. The number of ether oxygens (including phenoxy) is 3. The van der Waals surface area contributed by atoms with Gasteiger partial charge in [0.2, 0.25) is 0 Å². The number of aryl methyl sites for hydroxylation is 2. The summed E-state index contributed by atoms with van der Waals surface area (Å²) < 4.78 is 17.2. The van der Waals surface area contributed by atoms with Gasteiger partial charge in [-0.25, -0.2) is 0 Å². The summed E-state index contributed by atoms with van der Waals surface area (Å²) >= 11 is 0. The highest BCUT2D eigenvalue weighted by molar-refractivity contribution is 5.80. The predicted molar refractivity (Wildman–Crippen MR) is 95.4 cm³/mol. The molecule has 0 saturated heterocycles. The van der Waals surface area contributed by atoms with Crippen molar-refractivity contribution in [2.75, 3.05) is 13.2 Å². The molecule has 0 bridgehead atoms. The second-order valence-electron chi connectivity index (χ2n) is 6.25. The lowest BCUT2D eigenvalue weighted by molar-refractivity contribution is -0.127. The Kier molecular flexibility index (Phi) is 5.12. The van der Waals surface area contributed by atoms with Crippen LogP contribution in [0.3, 0.4) is 0 Å². The molecular weight excluding hydrogens is 318 g/mol. The molecule has 0 aliphatic carbocycles. The fourth-order valence-electron chi connectivity index (χ4n) is 2.57. The molecule has 0 aromatic heterocycles. The quantitative estimate of drug-likeness (QED) is 0.908. The van der Waals surface area contributed by atoms with Crippen molar-refractivity contribution < 1.29 is 19.0 Å². The van der Waals surface area contributed by atoms with Crippen LogP contribution in [0, 0.1) is 13.8 Å². The molecule has 25 heavy (non-hydrogen) atoms. The van der Waals surface area contributed by atoms with Crippen molar-refractivity contribution >= 4 is 5.91 Å². The Morgan fingerprint density at radius 2 is 1.96 bits per heavy atom. The number of hydrogen-bond donors (Lipinski definition) is 1. The number of benzene rings is 2. The van der Waals surface area contributed by atoms with E-state index in [9.17, 15) is 4.79 Å². The van der Waals surface area contributed by atoms with Gasteiger partial charge in [0.05, 0.1) is 6.54 Å². The molecule has 1 amide bonds. The van der Waals surface area contributed by atoms with E-state index in [0.29, 0.717) is 24.7 Å². The monoisotopic (exact) mass is 341 g/mol. The van der Waals surface area contributed by atoms with Crippen molar-refractivity contribution in [1.82, 2.24) is 5.32 Å². The fourth-order valence-corrected chi connectivity index (χ4v) is 2.57. The molecule has 3 rings (SSSR count). The van der Waals surface area contributed by atoms with E-state index in [1.165, 1.54) is 5.56 Å². The highest BCUT2D eigenvalue weighted by Crippen LogP contribution is 2.30. The van der Waals surface area contributed by atoms with Crippen LogP contribution < -0.4 is 19.5 Å². The smallest absolute Gasteiger partial charge is 0.260 e. The van der Waals surface area contributed by atoms with E-state index in [-0.39, 0.29) is 12.0 Å². The van der Waals surface area contributed by atoms with Crippen LogP contribution >= 0.6 is 0 Å². The van der Waals surface area contributed by atoms with Gasteiger partial charge in [0.1, 0.15) is 18.5 Å². The highest BCUT2D eigenvalue weighted by Gasteiger charge is 2.22. The van der Waals surface area contributed by atoms with Gasteiger partial charge >= 0.3 is 0 Å². The van der Waals surface area contributed by atoms with Gasteiger partial charge < -0.3 is 19.5 Å². The highest BCUT2D eigenvalue weighted by atomic mass is 16.6. The van der Waals surface area contributed by atoms with E-state index >= 15 is 0 Å². The van der Waals surface area contributed by atoms with Gasteiger partial charge in [-0.3, -0.25) is 4.79 Å². The van der Waals surface area contributed by atoms with Gasteiger partial charge in [0.15, 0.2) is 17.6 Å². The van der Waals surface area contributed by atoms with Crippen LogP contribution in [0.15, 0.2) is 42.5 Å². The molecule has 1 heterocycles. The first kappa shape index (κ1) is 17.1. The fraction of sp³-hybridized carbons (Fsp3) is 0.350. The van der Waals surface area contributed by atoms with Crippen molar-refractivity contribution in [1.29, 1.82) is 0 Å². The Labute approximate surface area is 147 Å². The first-order valence-electron chi connectivity index (χ1n) is 8.43. The third kappa shape index (κ3) is 4.24. The van der Waals surface area contributed by atoms with Gasteiger partial charge in [-0.05, 0) is 56.2 Å². The number of para-hydroxylation sites is 2. The molecule has 0 spiro atoms. The van der Waals surface area contributed by atoms with E-state index in [1.807, 2.05) is 56.3 Å². The number of hydrogen-bond acceptors (Lipinski definition) is 4. The van der Waals surface area contributed by atoms with Crippen LogP contribution in [0.1, 0.15) is 18.1 Å². The number of fused-ring (bicyclic) bond motifs is 1. The maximum absolute atomic E-state index is 12.3. The van der Waals surface area contributed by atoms with Crippen LogP contribution in [-0.4, -0.2) is 31.3 Å². The summed E-state index contributed by atoms with van der Waals surface area (Å²) in [7, 11) is 0. The molecular formula is C20H23NO4. The Balaban J connectivity index is 1.50. The van der Waals surface area contributed by atoms with Crippen LogP contribution in [0.5, 0.6) is 17.2 Å². The second kappa shape index (κ2) is 7.47. The molecule has 2 atom stereocenters. The van der Waals surface area contributed by atoms with Crippen molar-refractivity contribution in [2.24, 2.45) is 0 Å². The summed E-state index contributed by atoms with van der Waals surface area (Å²) in [6.45, 7) is 6.57. The van der Waals surface area contributed by atoms with Gasteiger partial charge in [0, 0.05) is 0 Å². The standard InChI is InChI=1S/C20H23NO4/c1-13-8-9-16(10-14(13)2)24-15(3)20(22)21-11-17-12-23-18-6-4-5-7-19(18)25-17/h4-10,15,17H,11-12H2,1-3H3,(H,21,22)/t15-,17-/m1/s1. The molecule has 0 saturated carbocycles. The normalized spacial score (nSPS) is 16.8. The van der Waals surface area contributed by atoms with Crippen molar-refractivity contribution in [2.45, 2.75) is 33.0 Å². The van der Waals surface area contributed by atoms with E-state index in [4.69, 9.17) is 14.2 Å². The van der Waals surface area contributed by atoms with Crippen LogP contribution in [-0.2, 0) is 4.79 Å². The number of carbonyl (C=O) groups excluding carboxylic acids is 1. The van der Waals surface area contributed by atoms with Crippen LogP contribution in [0.25, 0.3) is 0 Å².